The molecule has 2 atom stereocenters. The first-order chi connectivity index (χ1) is 10.9. The van der Waals surface area contributed by atoms with Gasteiger partial charge in [-0.15, -0.1) is 0 Å². The van der Waals surface area contributed by atoms with Gasteiger partial charge >= 0.3 is 11.9 Å². The number of carbonyl (C=O) groups is 2. The Morgan fingerprint density at radius 2 is 2.13 bits per heavy atom. The third kappa shape index (κ3) is 2.80. The van der Waals surface area contributed by atoms with E-state index in [0.29, 0.717) is 0 Å². The second-order valence-corrected chi connectivity index (χ2v) is 6.89. The molecule has 0 bridgehead atoms. The summed E-state index contributed by atoms with van der Waals surface area (Å²) in [5.74, 6) is -0.347. The van der Waals surface area contributed by atoms with Crippen LogP contribution in [0, 0.1) is 5.41 Å². The number of methoxy groups -OCH3 is 1. The molecule has 0 spiro atoms. The lowest BCUT2D eigenvalue weighted by atomic mass is 9.82. The number of carbonyl (C=O) groups excluding carboxylic acids is 2. The Balaban J connectivity index is 1.84. The molecule has 2 aliphatic rings. The van der Waals surface area contributed by atoms with E-state index in [1.165, 1.54) is 0 Å². The van der Waals surface area contributed by atoms with E-state index in [4.69, 9.17) is 14.2 Å². The first-order valence-electron chi connectivity index (χ1n) is 7.97. The van der Waals surface area contributed by atoms with Crippen molar-refractivity contribution in [1.82, 2.24) is 0 Å². The molecule has 0 N–H and O–H groups in total. The molecule has 124 valence electrons. The number of hydrogen-bond donors (Lipinski definition) is 0. The molecular weight excluding hydrogens is 296 g/mol. The summed E-state index contributed by atoms with van der Waals surface area (Å²) in [4.78, 5) is 24.5. The minimum atomic E-state index is -0.828. The van der Waals surface area contributed by atoms with E-state index in [1.54, 1.807) is 7.11 Å². The van der Waals surface area contributed by atoms with Crippen molar-refractivity contribution in [2.24, 2.45) is 5.41 Å². The number of cyclic esters (lactones) is 1. The van der Waals surface area contributed by atoms with Crippen molar-refractivity contribution >= 4 is 11.9 Å². The zero-order valence-electron chi connectivity index (χ0n) is 13.8. The SMILES string of the molecule is COc1cccc2c1CCC[C@H]2C(=O)O[C@H]1C(=O)OCC1(C)C. The largest absolute Gasteiger partial charge is 0.496 e. The van der Waals surface area contributed by atoms with Crippen molar-refractivity contribution in [2.75, 3.05) is 13.7 Å². The summed E-state index contributed by atoms with van der Waals surface area (Å²) < 4.78 is 16.0. The smallest absolute Gasteiger partial charge is 0.348 e. The van der Waals surface area contributed by atoms with Crippen molar-refractivity contribution < 1.29 is 23.8 Å². The van der Waals surface area contributed by atoms with E-state index in [-0.39, 0.29) is 18.5 Å². The third-order valence-corrected chi connectivity index (χ3v) is 4.71. The molecule has 0 unspecified atom stereocenters. The molecule has 1 aromatic carbocycles. The van der Waals surface area contributed by atoms with Gasteiger partial charge in [-0.3, -0.25) is 4.79 Å². The van der Waals surface area contributed by atoms with Crippen LogP contribution in [-0.2, 0) is 25.5 Å². The van der Waals surface area contributed by atoms with Crippen molar-refractivity contribution in [3.05, 3.63) is 29.3 Å². The molecule has 0 amide bonds. The quantitative estimate of drug-likeness (QED) is 0.802. The maximum absolute atomic E-state index is 12.7. The highest BCUT2D eigenvalue weighted by atomic mass is 16.6. The summed E-state index contributed by atoms with van der Waals surface area (Å²) in [6, 6.07) is 5.74. The van der Waals surface area contributed by atoms with Gasteiger partial charge < -0.3 is 14.2 Å². The van der Waals surface area contributed by atoms with Gasteiger partial charge in [0, 0.05) is 5.41 Å². The van der Waals surface area contributed by atoms with Gasteiger partial charge in [-0.2, -0.15) is 0 Å². The molecule has 1 aromatic rings. The molecule has 5 heteroatoms. The highest BCUT2D eigenvalue weighted by Crippen LogP contribution is 2.39. The van der Waals surface area contributed by atoms with E-state index in [0.717, 1.165) is 36.1 Å². The predicted molar refractivity (Wildman–Crippen MR) is 83.3 cm³/mol. The van der Waals surface area contributed by atoms with E-state index >= 15 is 0 Å². The van der Waals surface area contributed by atoms with E-state index < -0.39 is 17.5 Å². The highest BCUT2D eigenvalue weighted by molar-refractivity contribution is 5.85. The average molecular weight is 318 g/mol. The van der Waals surface area contributed by atoms with E-state index in [2.05, 4.69) is 0 Å². The molecule has 1 aliphatic carbocycles. The van der Waals surface area contributed by atoms with E-state index in [9.17, 15) is 9.59 Å². The van der Waals surface area contributed by atoms with Crippen molar-refractivity contribution in [2.45, 2.75) is 45.1 Å². The van der Waals surface area contributed by atoms with Gasteiger partial charge in [-0.25, -0.2) is 4.79 Å². The molecule has 23 heavy (non-hydrogen) atoms. The van der Waals surface area contributed by atoms with Crippen LogP contribution in [0.2, 0.25) is 0 Å². The second kappa shape index (κ2) is 5.87. The summed E-state index contributed by atoms with van der Waals surface area (Å²) in [6.07, 6.45) is 1.68. The Morgan fingerprint density at radius 1 is 1.35 bits per heavy atom. The Bertz CT molecular complexity index is 634. The fourth-order valence-electron chi connectivity index (χ4n) is 3.38. The Kier molecular flexibility index (Phi) is 4.04. The lowest BCUT2D eigenvalue weighted by molar-refractivity contribution is -0.164. The minimum Gasteiger partial charge on any atom is -0.496 e. The fourth-order valence-corrected chi connectivity index (χ4v) is 3.38. The Hall–Kier alpha value is -2.04. The number of rotatable bonds is 3. The van der Waals surface area contributed by atoms with Crippen molar-refractivity contribution in [3.63, 3.8) is 0 Å². The molecular formula is C18H22O5. The first kappa shape index (κ1) is 15.8. The lowest BCUT2D eigenvalue weighted by Gasteiger charge is -2.28. The molecule has 0 saturated carbocycles. The monoisotopic (exact) mass is 318 g/mol. The Labute approximate surface area is 135 Å². The maximum Gasteiger partial charge on any atom is 0.348 e. The molecule has 1 fully saturated rings. The summed E-state index contributed by atoms with van der Waals surface area (Å²) in [6.45, 7) is 4.01. The van der Waals surface area contributed by atoms with Gasteiger partial charge in [-0.05, 0) is 36.5 Å². The van der Waals surface area contributed by atoms with Crippen molar-refractivity contribution in [1.29, 1.82) is 0 Å². The maximum atomic E-state index is 12.7. The summed E-state index contributed by atoms with van der Waals surface area (Å²) >= 11 is 0. The van der Waals surface area contributed by atoms with Crippen LogP contribution in [0.1, 0.15) is 43.7 Å². The molecule has 1 aliphatic heterocycles. The van der Waals surface area contributed by atoms with Gasteiger partial charge in [0.05, 0.1) is 13.0 Å². The van der Waals surface area contributed by atoms with Crippen LogP contribution < -0.4 is 4.74 Å². The van der Waals surface area contributed by atoms with Gasteiger partial charge in [0.15, 0.2) is 0 Å². The molecule has 3 rings (SSSR count). The van der Waals surface area contributed by atoms with Gasteiger partial charge in [0.1, 0.15) is 12.4 Å². The Morgan fingerprint density at radius 3 is 2.78 bits per heavy atom. The number of ether oxygens (including phenoxy) is 3. The van der Waals surface area contributed by atoms with Gasteiger partial charge in [-0.1, -0.05) is 26.0 Å². The molecule has 0 radical (unpaired) electrons. The van der Waals surface area contributed by atoms with Crippen LogP contribution in [0.4, 0.5) is 0 Å². The van der Waals surface area contributed by atoms with Crippen LogP contribution in [-0.4, -0.2) is 31.8 Å². The van der Waals surface area contributed by atoms with Crippen molar-refractivity contribution in [3.8, 4) is 5.75 Å². The molecule has 5 nitrogen and oxygen atoms in total. The molecule has 0 aromatic heterocycles. The van der Waals surface area contributed by atoms with Crippen LogP contribution in [0.25, 0.3) is 0 Å². The fraction of sp³-hybridized carbons (Fsp3) is 0.556. The second-order valence-electron chi connectivity index (χ2n) is 6.89. The normalized spacial score (nSPS) is 25.4. The average Bonchev–Trinajstić information content (AvgIpc) is 2.80. The highest BCUT2D eigenvalue weighted by Gasteiger charge is 2.47. The van der Waals surface area contributed by atoms with Crippen LogP contribution in [0.3, 0.4) is 0 Å². The predicted octanol–water partition coefficient (Wildman–Crippen LogP) is 2.61. The van der Waals surface area contributed by atoms with Crippen LogP contribution >= 0.6 is 0 Å². The lowest BCUT2D eigenvalue weighted by Crippen LogP contribution is -2.37. The number of benzene rings is 1. The first-order valence-corrected chi connectivity index (χ1v) is 7.97. The zero-order chi connectivity index (χ0) is 16.6. The number of esters is 2. The van der Waals surface area contributed by atoms with Crippen LogP contribution in [0.5, 0.6) is 5.75 Å². The molecule has 1 saturated heterocycles. The standard InChI is InChI=1S/C18H22O5/c1-18(2)10-22-17(20)15(18)23-16(19)13-8-4-7-12-11(13)6-5-9-14(12)21-3/h5-6,9,13,15H,4,7-8,10H2,1-3H3/t13-,15+/m1/s1. The topological polar surface area (TPSA) is 61.8 Å². The number of fused-ring (bicyclic) bond motifs is 1. The van der Waals surface area contributed by atoms with Gasteiger partial charge in [0.25, 0.3) is 0 Å². The summed E-state index contributed by atoms with van der Waals surface area (Å²) in [7, 11) is 1.63. The summed E-state index contributed by atoms with van der Waals surface area (Å²) in [5, 5.41) is 0. The summed E-state index contributed by atoms with van der Waals surface area (Å²) in [5.41, 5.74) is 1.53. The van der Waals surface area contributed by atoms with E-state index in [1.807, 2.05) is 32.0 Å². The molecule has 1 heterocycles. The minimum absolute atomic E-state index is 0.277. The number of hydrogen-bond acceptors (Lipinski definition) is 5. The van der Waals surface area contributed by atoms with Crippen LogP contribution in [0.15, 0.2) is 18.2 Å². The third-order valence-electron chi connectivity index (χ3n) is 4.71. The van der Waals surface area contributed by atoms with Gasteiger partial charge in [0.2, 0.25) is 6.10 Å². The zero-order valence-corrected chi connectivity index (χ0v) is 13.8.